The van der Waals surface area contributed by atoms with Gasteiger partial charge in [-0.15, -0.1) is 0 Å². The monoisotopic (exact) mass is 246 g/mol. The largest absolute Gasteiger partial charge is 0.383 e. The second kappa shape index (κ2) is 5.64. The Balaban J connectivity index is 2.09. The van der Waals surface area contributed by atoms with Crippen LogP contribution in [0.1, 0.15) is 40.0 Å². The zero-order valence-electron chi connectivity index (χ0n) is 12.0. The van der Waals surface area contributed by atoms with Crippen LogP contribution in [0.15, 0.2) is 24.3 Å². The number of anilines is 2. The molecule has 0 bridgehead atoms. The van der Waals surface area contributed by atoms with Crippen LogP contribution in [0.3, 0.4) is 0 Å². The van der Waals surface area contributed by atoms with Crippen LogP contribution in [-0.2, 0) is 0 Å². The van der Waals surface area contributed by atoms with Gasteiger partial charge in [0.15, 0.2) is 0 Å². The summed E-state index contributed by atoms with van der Waals surface area (Å²) in [7, 11) is 0. The third-order valence-electron chi connectivity index (χ3n) is 3.41. The predicted octanol–water partition coefficient (Wildman–Crippen LogP) is 4.13. The highest BCUT2D eigenvalue weighted by molar-refractivity contribution is 5.70. The minimum Gasteiger partial charge on any atom is -0.383 e. The Labute approximate surface area is 111 Å². The van der Waals surface area contributed by atoms with Crippen molar-refractivity contribution < 1.29 is 0 Å². The van der Waals surface area contributed by atoms with Gasteiger partial charge in [-0.2, -0.15) is 0 Å². The first kappa shape index (κ1) is 13.3. The van der Waals surface area contributed by atoms with Crippen LogP contribution in [-0.4, -0.2) is 19.6 Å². The third kappa shape index (κ3) is 3.66. The van der Waals surface area contributed by atoms with Crippen molar-refractivity contribution in [3.8, 4) is 0 Å². The molecule has 0 unspecified atom stereocenters. The molecule has 1 aromatic carbocycles. The van der Waals surface area contributed by atoms with Gasteiger partial charge in [0.25, 0.3) is 0 Å². The summed E-state index contributed by atoms with van der Waals surface area (Å²) < 4.78 is 0. The summed E-state index contributed by atoms with van der Waals surface area (Å²) in [6.45, 7) is 10.2. The smallest absolute Gasteiger partial charge is 0.0602 e. The topological polar surface area (TPSA) is 15.3 Å². The maximum atomic E-state index is 3.61. The molecule has 0 atom stereocenters. The molecule has 2 heteroatoms. The standard InChI is InChI=1S/C16H26N2/c1-16(2,3)13-17-14-9-5-6-10-15(14)18-11-7-4-8-12-18/h5-6,9-10,17H,4,7-8,11-13H2,1-3H3. The molecule has 18 heavy (non-hydrogen) atoms. The molecular weight excluding hydrogens is 220 g/mol. The number of nitrogens with one attached hydrogen (secondary N) is 1. The third-order valence-corrected chi connectivity index (χ3v) is 3.41. The molecule has 1 saturated heterocycles. The molecule has 0 aliphatic carbocycles. The van der Waals surface area contributed by atoms with Crippen molar-refractivity contribution in [3.63, 3.8) is 0 Å². The molecule has 1 N–H and O–H groups in total. The Morgan fingerprint density at radius 1 is 1.06 bits per heavy atom. The van der Waals surface area contributed by atoms with Gasteiger partial charge in [-0.25, -0.2) is 0 Å². The molecule has 1 fully saturated rings. The highest BCUT2D eigenvalue weighted by Gasteiger charge is 2.15. The molecule has 1 aliphatic rings. The van der Waals surface area contributed by atoms with Crippen LogP contribution < -0.4 is 10.2 Å². The summed E-state index contributed by atoms with van der Waals surface area (Å²) >= 11 is 0. The quantitative estimate of drug-likeness (QED) is 0.862. The number of benzene rings is 1. The fourth-order valence-corrected chi connectivity index (χ4v) is 2.39. The van der Waals surface area contributed by atoms with Gasteiger partial charge in [-0.1, -0.05) is 32.9 Å². The van der Waals surface area contributed by atoms with Gasteiger partial charge in [0, 0.05) is 19.6 Å². The Kier molecular flexibility index (Phi) is 4.15. The second-order valence-electron chi connectivity index (χ2n) is 6.48. The van der Waals surface area contributed by atoms with Crippen molar-refractivity contribution in [3.05, 3.63) is 24.3 Å². The van der Waals surface area contributed by atoms with Gasteiger partial charge in [0.1, 0.15) is 0 Å². The summed E-state index contributed by atoms with van der Waals surface area (Å²) in [6.07, 6.45) is 4.04. The predicted molar refractivity (Wildman–Crippen MR) is 80.5 cm³/mol. The van der Waals surface area contributed by atoms with Crippen molar-refractivity contribution in [2.24, 2.45) is 5.41 Å². The lowest BCUT2D eigenvalue weighted by molar-refractivity contribution is 0.443. The SMILES string of the molecule is CC(C)(C)CNc1ccccc1N1CCCCC1. The molecule has 2 nitrogen and oxygen atoms in total. The van der Waals surface area contributed by atoms with Gasteiger partial charge >= 0.3 is 0 Å². The van der Waals surface area contributed by atoms with Crippen molar-refractivity contribution in [2.75, 3.05) is 29.9 Å². The van der Waals surface area contributed by atoms with E-state index >= 15 is 0 Å². The van der Waals surface area contributed by atoms with E-state index in [1.165, 1.54) is 43.7 Å². The number of piperidine rings is 1. The van der Waals surface area contributed by atoms with Gasteiger partial charge in [-0.3, -0.25) is 0 Å². The summed E-state index contributed by atoms with van der Waals surface area (Å²) in [4.78, 5) is 2.52. The zero-order valence-corrected chi connectivity index (χ0v) is 12.0. The first-order chi connectivity index (χ1) is 8.56. The Morgan fingerprint density at radius 3 is 2.39 bits per heavy atom. The van der Waals surface area contributed by atoms with Gasteiger partial charge < -0.3 is 10.2 Å². The minimum atomic E-state index is 0.314. The summed E-state index contributed by atoms with van der Waals surface area (Å²) in [5.74, 6) is 0. The fourth-order valence-electron chi connectivity index (χ4n) is 2.39. The van der Waals surface area contributed by atoms with Crippen LogP contribution in [0.4, 0.5) is 11.4 Å². The zero-order chi connectivity index (χ0) is 13.0. The Bertz CT molecular complexity index is 373. The van der Waals surface area contributed by atoms with Crippen LogP contribution in [0.5, 0.6) is 0 Å². The maximum absolute atomic E-state index is 3.61. The number of rotatable bonds is 3. The van der Waals surface area contributed by atoms with E-state index in [1.807, 2.05) is 0 Å². The summed E-state index contributed by atoms with van der Waals surface area (Å²) in [6, 6.07) is 8.72. The highest BCUT2D eigenvalue weighted by atomic mass is 15.1. The number of para-hydroxylation sites is 2. The van der Waals surface area contributed by atoms with E-state index in [2.05, 4.69) is 55.3 Å². The molecule has 0 aromatic heterocycles. The molecule has 2 rings (SSSR count). The van der Waals surface area contributed by atoms with Gasteiger partial charge in [-0.05, 0) is 36.8 Å². The number of hydrogen-bond donors (Lipinski definition) is 1. The lowest BCUT2D eigenvalue weighted by Gasteiger charge is -2.31. The van der Waals surface area contributed by atoms with Gasteiger partial charge in [0.2, 0.25) is 0 Å². The fraction of sp³-hybridized carbons (Fsp3) is 0.625. The van der Waals surface area contributed by atoms with E-state index in [-0.39, 0.29) is 0 Å². The maximum Gasteiger partial charge on any atom is 0.0602 e. The first-order valence-electron chi connectivity index (χ1n) is 7.14. The lowest BCUT2D eigenvalue weighted by atomic mass is 9.97. The van der Waals surface area contributed by atoms with Crippen LogP contribution >= 0.6 is 0 Å². The second-order valence-corrected chi connectivity index (χ2v) is 6.48. The summed E-state index contributed by atoms with van der Waals surface area (Å²) in [5.41, 5.74) is 2.98. The molecule has 0 amide bonds. The van der Waals surface area contributed by atoms with Crippen LogP contribution in [0, 0.1) is 5.41 Å². The normalized spacial score (nSPS) is 16.7. The van der Waals surface area contributed by atoms with E-state index in [9.17, 15) is 0 Å². The molecular formula is C16H26N2. The lowest BCUT2D eigenvalue weighted by Crippen LogP contribution is -2.30. The number of hydrogen-bond acceptors (Lipinski definition) is 2. The van der Waals surface area contributed by atoms with Crippen LogP contribution in [0.25, 0.3) is 0 Å². The average Bonchev–Trinajstić information content (AvgIpc) is 2.37. The van der Waals surface area contributed by atoms with E-state index in [0.717, 1.165) is 6.54 Å². The van der Waals surface area contributed by atoms with Crippen molar-refractivity contribution in [2.45, 2.75) is 40.0 Å². The molecule has 1 heterocycles. The molecule has 0 radical (unpaired) electrons. The van der Waals surface area contributed by atoms with E-state index in [0.29, 0.717) is 5.41 Å². The van der Waals surface area contributed by atoms with E-state index in [4.69, 9.17) is 0 Å². The Morgan fingerprint density at radius 2 is 1.72 bits per heavy atom. The van der Waals surface area contributed by atoms with Crippen molar-refractivity contribution in [1.82, 2.24) is 0 Å². The molecule has 0 saturated carbocycles. The highest BCUT2D eigenvalue weighted by Crippen LogP contribution is 2.29. The molecule has 100 valence electrons. The average molecular weight is 246 g/mol. The minimum absolute atomic E-state index is 0.314. The molecule has 1 aliphatic heterocycles. The first-order valence-corrected chi connectivity index (χ1v) is 7.14. The van der Waals surface area contributed by atoms with E-state index < -0.39 is 0 Å². The summed E-state index contributed by atoms with van der Waals surface area (Å²) in [5, 5.41) is 3.61. The van der Waals surface area contributed by atoms with E-state index in [1.54, 1.807) is 0 Å². The molecule has 1 aromatic rings. The van der Waals surface area contributed by atoms with Gasteiger partial charge in [0.05, 0.1) is 11.4 Å². The van der Waals surface area contributed by atoms with Crippen molar-refractivity contribution in [1.29, 1.82) is 0 Å². The molecule has 0 spiro atoms. The Hall–Kier alpha value is -1.18. The van der Waals surface area contributed by atoms with Crippen molar-refractivity contribution >= 4 is 11.4 Å². The number of nitrogens with zero attached hydrogens (tertiary/aromatic N) is 1. The van der Waals surface area contributed by atoms with Crippen LogP contribution in [0.2, 0.25) is 0 Å².